The van der Waals surface area contributed by atoms with Gasteiger partial charge in [0.15, 0.2) is 0 Å². The van der Waals surface area contributed by atoms with Crippen LogP contribution in [-0.4, -0.2) is 0 Å². The number of rotatable bonds is 8. The molecule has 0 aliphatic heterocycles. The molecule has 0 bridgehead atoms. The van der Waals surface area contributed by atoms with Gasteiger partial charge in [-0.2, -0.15) is 0 Å². The molecule has 150 valence electrons. The highest BCUT2D eigenvalue weighted by Gasteiger charge is 2.18. The Balaban J connectivity index is 3.15. The third-order valence-corrected chi connectivity index (χ3v) is 5.44. The van der Waals surface area contributed by atoms with Crippen molar-refractivity contribution in [1.82, 2.24) is 0 Å². The Morgan fingerprint density at radius 1 is 0.571 bits per heavy atom. The van der Waals surface area contributed by atoms with Crippen LogP contribution in [0.2, 0.25) is 15.1 Å². The van der Waals surface area contributed by atoms with Gasteiger partial charge in [-0.1, -0.05) is 117 Å². The third kappa shape index (κ3) is 8.02. The van der Waals surface area contributed by atoms with E-state index in [0.717, 1.165) is 25.7 Å². The van der Waals surface area contributed by atoms with Crippen LogP contribution in [0.4, 0.5) is 0 Å². The summed E-state index contributed by atoms with van der Waals surface area (Å²) in [5, 5.41) is 1.26. The van der Waals surface area contributed by atoms with Crippen LogP contribution in [0.15, 0.2) is 0 Å². The van der Waals surface area contributed by atoms with Gasteiger partial charge in [0.05, 0.1) is 31.8 Å². The van der Waals surface area contributed by atoms with Crippen molar-refractivity contribution in [1.29, 1.82) is 0 Å². The van der Waals surface area contributed by atoms with Crippen LogP contribution >= 0.6 is 34.8 Å². The number of unbranched alkanes of at least 4 members (excludes halogenated alkanes) is 8. The highest BCUT2D eigenvalue weighted by atomic mass is 35.5. The average molecular weight is 436 g/mol. The van der Waals surface area contributed by atoms with Gasteiger partial charge < -0.3 is 0 Å². The van der Waals surface area contributed by atoms with E-state index in [0.29, 0.717) is 31.8 Å². The first kappa shape index (κ1) is 24.8. The van der Waals surface area contributed by atoms with Crippen LogP contribution in [-0.2, 0) is 0 Å². The molecule has 0 radical (unpaired) electrons. The molecule has 1 rings (SSSR count). The molecular formula is C25H29Cl3. The van der Waals surface area contributed by atoms with Gasteiger partial charge in [-0.15, -0.1) is 5.92 Å². The van der Waals surface area contributed by atoms with Gasteiger partial charge in [0.1, 0.15) is 0 Å². The van der Waals surface area contributed by atoms with Crippen LogP contribution in [0, 0.1) is 35.5 Å². The first-order chi connectivity index (χ1) is 13.6. The lowest BCUT2D eigenvalue weighted by molar-refractivity contribution is 0.679. The van der Waals surface area contributed by atoms with Gasteiger partial charge in [-0.05, 0) is 19.8 Å². The van der Waals surface area contributed by atoms with Crippen molar-refractivity contribution in [3.8, 4) is 35.5 Å². The molecule has 0 aromatic heterocycles. The van der Waals surface area contributed by atoms with Crippen molar-refractivity contribution < 1.29 is 0 Å². The lowest BCUT2D eigenvalue weighted by Crippen LogP contribution is -1.94. The van der Waals surface area contributed by atoms with Crippen molar-refractivity contribution in [2.24, 2.45) is 0 Å². The Morgan fingerprint density at radius 3 is 1.32 bits per heavy atom. The normalized spacial score (nSPS) is 9.64. The maximum atomic E-state index is 6.59. The van der Waals surface area contributed by atoms with E-state index in [1.54, 1.807) is 6.92 Å². The summed E-state index contributed by atoms with van der Waals surface area (Å²) in [4.78, 5) is 0. The molecule has 0 heterocycles. The maximum Gasteiger partial charge on any atom is 0.0750 e. The average Bonchev–Trinajstić information content (AvgIpc) is 2.69. The van der Waals surface area contributed by atoms with Crippen LogP contribution < -0.4 is 0 Å². The fraction of sp³-hybridized carbons (Fsp3) is 0.520. The molecule has 3 heteroatoms. The molecule has 0 fully saturated rings. The topological polar surface area (TPSA) is 0 Å². The summed E-state index contributed by atoms with van der Waals surface area (Å²) >= 11 is 19.7. The van der Waals surface area contributed by atoms with E-state index >= 15 is 0 Å². The molecule has 0 amide bonds. The minimum Gasteiger partial charge on any atom is -0.101 e. The summed E-state index contributed by atoms with van der Waals surface area (Å²) in [6.45, 7) is 6.14. The van der Waals surface area contributed by atoms with Gasteiger partial charge in [-0.25, -0.2) is 0 Å². The zero-order valence-corrected chi connectivity index (χ0v) is 19.5. The van der Waals surface area contributed by atoms with Gasteiger partial charge in [0, 0.05) is 12.8 Å². The first-order valence-electron chi connectivity index (χ1n) is 10.2. The zero-order chi connectivity index (χ0) is 20.8. The number of benzene rings is 1. The van der Waals surface area contributed by atoms with Crippen LogP contribution in [0.25, 0.3) is 0 Å². The molecular weight excluding hydrogens is 407 g/mol. The molecule has 0 saturated heterocycles. The first-order valence-corrected chi connectivity index (χ1v) is 11.3. The van der Waals surface area contributed by atoms with Gasteiger partial charge in [0.25, 0.3) is 0 Å². The van der Waals surface area contributed by atoms with Crippen molar-refractivity contribution in [2.75, 3.05) is 0 Å². The minimum absolute atomic E-state index is 0.416. The van der Waals surface area contributed by atoms with E-state index in [1.165, 1.54) is 38.5 Å². The molecule has 0 aliphatic carbocycles. The Hall–Kier alpha value is -1.23. The maximum absolute atomic E-state index is 6.59. The van der Waals surface area contributed by atoms with E-state index in [9.17, 15) is 0 Å². The lowest BCUT2D eigenvalue weighted by Gasteiger charge is -2.09. The molecule has 0 N–H and O–H groups in total. The molecule has 0 atom stereocenters. The van der Waals surface area contributed by atoms with Crippen molar-refractivity contribution in [3.05, 3.63) is 31.8 Å². The molecule has 0 spiro atoms. The Bertz CT molecular complexity index is 760. The summed E-state index contributed by atoms with van der Waals surface area (Å²) in [5.41, 5.74) is 1.72. The Kier molecular flexibility index (Phi) is 13.0. The molecule has 1 aromatic carbocycles. The molecule has 0 nitrogen and oxygen atoms in total. The number of hydrogen-bond acceptors (Lipinski definition) is 0. The molecule has 0 saturated carbocycles. The smallest absolute Gasteiger partial charge is 0.0750 e. The molecule has 0 unspecified atom stereocenters. The van der Waals surface area contributed by atoms with Crippen molar-refractivity contribution >= 4 is 34.8 Å². The molecule has 0 aliphatic rings. The summed E-state index contributed by atoms with van der Waals surface area (Å²) in [7, 11) is 0. The summed E-state index contributed by atoms with van der Waals surface area (Å²) in [5.74, 6) is 18.5. The quantitative estimate of drug-likeness (QED) is 0.283. The predicted octanol–water partition coefficient (Wildman–Crippen LogP) is 8.66. The van der Waals surface area contributed by atoms with E-state index in [2.05, 4.69) is 49.4 Å². The third-order valence-electron chi connectivity index (χ3n) is 4.30. The van der Waals surface area contributed by atoms with Gasteiger partial charge in [-0.3, -0.25) is 0 Å². The monoisotopic (exact) mass is 434 g/mol. The summed E-state index contributed by atoms with van der Waals surface area (Å²) < 4.78 is 0. The standard InChI is InChI=1S/C25H29Cl3/c1-4-7-9-11-13-15-18-21-23(26)20(17-6-3)24(27)22(25(21)28)19-16-14-12-10-8-5-2/h4-5,7-14H2,1-3H3. The van der Waals surface area contributed by atoms with Crippen LogP contribution in [0.3, 0.4) is 0 Å². The minimum atomic E-state index is 0.416. The summed E-state index contributed by atoms with van der Waals surface area (Å²) in [6, 6.07) is 0. The van der Waals surface area contributed by atoms with E-state index in [-0.39, 0.29) is 0 Å². The van der Waals surface area contributed by atoms with Crippen LogP contribution in [0.5, 0.6) is 0 Å². The van der Waals surface area contributed by atoms with Gasteiger partial charge >= 0.3 is 0 Å². The highest BCUT2D eigenvalue weighted by Crippen LogP contribution is 2.37. The fourth-order valence-electron chi connectivity index (χ4n) is 2.70. The second-order valence-corrected chi connectivity index (χ2v) is 7.80. The van der Waals surface area contributed by atoms with E-state index < -0.39 is 0 Å². The predicted molar refractivity (Wildman–Crippen MR) is 125 cm³/mol. The molecule has 1 aromatic rings. The second-order valence-electron chi connectivity index (χ2n) is 6.67. The molecule has 28 heavy (non-hydrogen) atoms. The zero-order valence-electron chi connectivity index (χ0n) is 17.2. The number of halogens is 3. The van der Waals surface area contributed by atoms with Gasteiger partial charge in [0.2, 0.25) is 0 Å². The second kappa shape index (κ2) is 14.7. The number of hydrogen-bond donors (Lipinski definition) is 0. The SMILES string of the molecule is CC#Cc1c(Cl)c(C#CCCCCCC)c(Cl)c(C#CCCCCCC)c1Cl. The Labute approximate surface area is 186 Å². The van der Waals surface area contributed by atoms with E-state index in [1.807, 2.05) is 0 Å². The summed E-state index contributed by atoms with van der Waals surface area (Å²) in [6.07, 6.45) is 11.1. The van der Waals surface area contributed by atoms with Crippen LogP contribution in [0.1, 0.15) is 102 Å². The fourth-order valence-corrected chi connectivity index (χ4v) is 3.70. The van der Waals surface area contributed by atoms with Crippen molar-refractivity contribution in [3.63, 3.8) is 0 Å². The van der Waals surface area contributed by atoms with Crippen molar-refractivity contribution in [2.45, 2.75) is 85.0 Å². The van der Waals surface area contributed by atoms with E-state index in [4.69, 9.17) is 34.8 Å². The highest BCUT2D eigenvalue weighted by molar-refractivity contribution is 6.42. The Morgan fingerprint density at radius 2 is 0.964 bits per heavy atom. The lowest BCUT2D eigenvalue weighted by atomic mass is 10.0. The largest absolute Gasteiger partial charge is 0.101 e.